The first-order valence-electron chi connectivity index (χ1n) is 11.9. The molecule has 0 heterocycles. The molecule has 0 aromatic rings. The normalized spacial score (nSPS) is 9.41. The average molecular weight is 951 g/mol. The van der Waals surface area contributed by atoms with Gasteiger partial charge < -0.3 is 105 Å². The molecule has 51 heavy (non-hydrogen) atoms. The van der Waals surface area contributed by atoms with E-state index in [4.69, 9.17) is 0 Å². The van der Waals surface area contributed by atoms with Gasteiger partial charge in [-0.15, -0.1) is 34.6 Å². The van der Waals surface area contributed by atoms with E-state index in [1.807, 2.05) is 0 Å². The molecule has 0 aliphatic heterocycles. The van der Waals surface area contributed by atoms with Gasteiger partial charge in [0, 0.05) is 0 Å². The second kappa shape index (κ2) is 67.3. The summed E-state index contributed by atoms with van der Waals surface area (Å²) in [6.45, 7) is 16.2. The Morgan fingerprint density at radius 2 is 0.314 bits per heavy atom. The molecule has 0 N–H and O–H groups in total. The van der Waals surface area contributed by atoms with Gasteiger partial charge in [0.1, 0.15) is 0 Å². The van der Waals surface area contributed by atoms with Gasteiger partial charge in [0.2, 0.25) is 0 Å². The smallest absolute Gasteiger partial charge is 1.00 e. The number of carbonyl (C=O) groups excluding carboxylic acids is 6. The van der Waals surface area contributed by atoms with Crippen LogP contribution in [-0.2, 0) is 93.9 Å². The number of halogens is 6. The Bertz CT molecular complexity index is 852. The molecule has 0 atom stereocenters. The first-order valence-corrected chi connectivity index (χ1v) is 11.9. The molecule has 0 aromatic carbocycles. The summed E-state index contributed by atoms with van der Waals surface area (Å²) < 4.78 is 0. The van der Waals surface area contributed by atoms with Crippen LogP contribution < -0.4 is 105 Å². The molecule has 0 saturated carbocycles. The van der Waals surface area contributed by atoms with Crippen LogP contribution in [0.5, 0.6) is 0 Å². The maximum Gasteiger partial charge on any atom is 4.00 e. The van der Waals surface area contributed by atoms with Crippen molar-refractivity contribution in [1.82, 2.24) is 0 Å². The van der Waals surface area contributed by atoms with Crippen molar-refractivity contribution < 1.29 is 199 Å². The van der Waals surface area contributed by atoms with E-state index >= 15 is 0 Å². The Labute approximate surface area is 384 Å². The van der Waals surface area contributed by atoms with E-state index in [0.717, 1.165) is 36.5 Å². The Morgan fingerprint density at radius 1 is 0.255 bits per heavy atom. The number of carbonyl (C=O) groups is 6. The van der Waals surface area contributed by atoms with Gasteiger partial charge in [0.15, 0.2) is 34.7 Å². The summed E-state index contributed by atoms with van der Waals surface area (Å²) in [5.41, 5.74) is 0. The van der Waals surface area contributed by atoms with Crippen LogP contribution in [-0.4, -0.2) is 34.7 Å². The van der Waals surface area contributed by atoms with E-state index in [-0.39, 0.29) is 209 Å². The topological polar surface area (TPSA) is 241 Å². The summed E-state index contributed by atoms with van der Waals surface area (Å²) in [5, 5.41) is 59.9. The van der Waals surface area contributed by atoms with E-state index in [1.54, 1.807) is 0 Å². The summed E-state index contributed by atoms with van der Waals surface area (Å²) in [7, 11) is 0. The van der Waals surface area contributed by atoms with Crippen LogP contribution in [0.25, 0.3) is 0 Å². The Hall–Kier alpha value is -0.857. The molecule has 0 fully saturated rings. The van der Waals surface area contributed by atoms with E-state index in [9.17, 15) is 59.4 Å². The molecule has 0 unspecified atom stereocenters. The van der Waals surface area contributed by atoms with Crippen LogP contribution in [0.4, 0.5) is 0 Å². The SMILES string of the molecule is CC(=O)/C=C(\C)[O-].CC(=O)/C=C(\C)[O-].CC(=O)/C=C(\C)[O-].CC(=O)/C=C(\C)[O-].CC(=O)/C=C(\C)[O-].CC(=O)/C=C(\C)[O-].[Cl-].[Cl-].[Cl-].[Cl-].[Cl-].[Cl-].[Ti+4].[Ti+4].[Ti+4]. The summed E-state index contributed by atoms with van der Waals surface area (Å²) >= 11 is 0. The van der Waals surface area contributed by atoms with Crippen molar-refractivity contribution in [2.75, 3.05) is 0 Å². The van der Waals surface area contributed by atoms with Gasteiger partial charge in [-0.2, -0.15) is 0 Å². The number of hydrogen-bond donors (Lipinski definition) is 0. The Balaban J connectivity index is -0.0000000227. The largest absolute Gasteiger partial charge is 4.00 e. The molecule has 0 aromatic heterocycles. The van der Waals surface area contributed by atoms with Crippen LogP contribution >= 0.6 is 0 Å². The zero-order valence-corrected chi connectivity index (χ0v) is 39.4. The predicted molar refractivity (Wildman–Crippen MR) is 147 cm³/mol. The number of rotatable bonds is 6. The number of ketones is 6. The van der Waals surface area contributed by atoms with Gasteiger partial charge >= 0.3 is 65.2 Å². The second-order valence-corrected chi connectivity index (χ2v) is 8.19. The second-order valence-electron chi connectivity index (χ2n) is 8.19. The maximum atomic E-state index is 9.98. The Morgan fingerprint density at radius 3 is 0.314 bits per heavy atom. The third-order valence-corrected chi connectivity index (χ3v) is 2.44. The van der Waals surface area contributed by atoms with Crippen molar-refractivity contribution in [3.63, 3.8) is 0 Å². The third kappa shape index (κ3) is 204. The van der Waals surface area contributed by atoms with Gasteiger partial charge in [0.05, 0.1) is 0 Å². The summed E-state index contributed by atoms with van der Waals surface area (Å²) in [4.78, 5) is 59.9. The first-order chi connectivity index (χ1) is 18.8. The molecular formula is C30H42Cl6O12Ti3. The van der Waals surface area contributed by atoms with Crippen LogP contribution in [0.2, 0.25) is 0 Å². The third-order valence-electron chi connectivity index (χ3n) is 2.44. The number of allylic oxidation sites excluding steroid dienone is 12. The van der Waals surface area contributed by atoms with E-state index in [1.165, 1.54) is 83.1 Å². The van der Waals surface area contributed by atoms with Crippen LogP contribution in [0.3, 0.4) is 0 Å². The van der Waals surface area contributed by atoms with Crippen molar-refractivity contribution in [1.29, 1.82) is 0 Å². The van der Waals surface area contributed by atoms with E-state index < -0.39 is 0 Å². The fourth-order valence-electron chi connectivity index (χ4n) is 1.72. The quantitative estimate of drug-likeness (QED) is 0.137. The monoisotopic (exact) mass is 948 g/mol. The predicted octanol–water partition coefficient (Wildman–Crippen LogP) is -18.9. The van der Waals surface area contributed by atoms with Crippen molar-refractivity contribution in [3.05, 3.63) is 71.0 Å². The van der Waals surface area contributed by atoms with Crippen molar-refractivity contribution in [3.8, 4) is 0 Å². The zero-order valence-electron chi connectivity index (χ0n) is 30.1. The van der Waals surface area contributed by atoms with Crippen molar-refractivity contribution in [2.24, 2.45) is 0 Å². The van der Waals surface area contributed by atoms with Crippen LogP contribution in [0.1, 0.15) is 83.1 Å². The molecule has 0 rings (SSSR count). The van der Waals surface area contributed by atoms with E-state index in [0.29, 0.717) is 0 Å². The molecule has 0 aliphatic rings. The van der Waals surface area contributed by atoms with Crippen molar-refractivity contribution >= 4 is 34.7 Å². The molecule has 21 heteroatoms. The van der Waals surface area contributed by atoms with Crippen LogP contribution in [0.15, 0.2) is 71.0 Å². The molecule has 0 bridgehead atoms. The van der Waals surface area contributed by atoms with Gasteiger partial charge in [-0.3, -0.25) is 28.8 Å². The van der Waals surface area contributed by atoms with Crippen molar-refractivity contribution in [2.45, 2.75) is 83.1 Å². The molecular weight excluding hydrogens is 909 g/mol. The maximum absolute atomic E-state index is 9.98. The minimum atomic E-state index is -0.187. The molecule has 12 nitrogen and oxygen atoms in total. The fraction of sp³-hybridized carbons (Fsp3) is 0.400. The average Bonchev–Trinajstić information content (AvgIpc) is 2.63. The van der Waals surface area contributed by atoms with Gasteiger partial charge in [-0.1, -0.05) is 41.5 Å². The molecule has 0 saturated heterocycles. The minimum absolute atomic E-state index is 0. The van der Waals surface area contributed by atoms with Gasteiger partial charge in [0.25, 0.3) is 0 Å². The Kier molecular flexibility index (Phi) is 129. The molecule has 0 spiro atoms. The fourth-order valence-corrected chi connectivity index (χ4v) is 1.72. The molecule has 288 valence electrons. The van der Waals surface area contributed by atoms with Gasteiger partial charge in [-0.05, 0) is 78.0 Å². The van der Waals surface area contributed by atoms with Crippen LogP contribution in [0, 0.1) is 0 Å². The summed E-state index contributed by atoms with van der Waals surface area (Å²) in [5.74, 6) is -2.25. The first kappa shape index (κ1) is 98.1. The summed E-state index contributed by atoms with van der Waals surface area (Å²) in [6, 6.07) is 0. The summed E-state index contributed by atoms with van der Waals surface area (Å²) in [6.07, 6.45) is 6.33. The van der Waals surface area contributed by atoms with Gasteiger partial charge in [-0.25, -0.2) is 0 Å². The molecule has 0 aliphatic carbocycles. The molecule has 0 radical (unpaired) electrons. The minimum Gasteiger partial charge on any atom is -1.00 e. The number of hydrogen-bond acceptors (Lipinski definition) is 12. The zero-order chi connectivity index (χ0) is 35.2. The molecule has 0 amide bonds. The van der Waals surface area contributed by atoms with E-state index in [2.05, 4.69) is 0 Å². The standard InChI is InChI=1S/6C5H8O2.6ClH.3Ti/c6*1-4(6)3-5(2)7;;;;;;;;;/h6*3,6H,1-2H3;6*1H;;;/q;;;;;;;;;;;;3*+4/p-12/b6*4-3+;;;;;;;;;.